The first-order valence-electron chi connectivity index (χ1n) is 24.6. The first kappa shape index (κ1) is 41.7. The van der Waals surface area contributed by atoms with E-state index in [9.17, 15) is 0 Å². The van der Waals surface area contributed by atoms with Crippen molar-refractivity contribution in [3.8, 4) is 27.9 Å². The monoisotopic (exact) mass is 935 g/mol. The second-order valence-corrected chi connectivity index (χ2v) is 19.6. The number of anilines is 6. The van der Waals surface area contributed by atoms with Crippen LogP contribution >= 0.6 is 11.3 Å². The zero-order valence-electron chi connectivity index (χ0n) is 39.2. The first-order chi connectivity index (χ1) is 35.7. The van der Waals surface area contributed by atoms with Crippen LogP contribution in [-0.2, 0) is 0 Å². The van der Waals surface area contributed by atoms with Crippen LogP contribution in [0.4, 0.5) is 34.1 Å². The average molecular weight is 936 g/mol. The molecule has 0 fully saturated rings. The highest BCUT2D eigenvalue weighted by Gasteiger charge is 2.20. The lowest BCUT2D eigenvalue weighted by atomic mass is 9.99. The molecule has 72 heavy (non-hydrogen) atoms. The van der Waals surface area contributed by atoms with Gasteiger partial charge in [-0.05, 0) is 142 Å². The number of rotatable bonds is 9. The summed E-state index contributed by atoms with van der Waals surface area (Å²) in [6, 6.07) is 99.7. The molecule has 0 N–H and O–H groups in total. The largest absolute Gasteiger partial charge is 0.310 e. The Morgan fingerprint density at radius 1 is 0.264 bits per heavy atom. The minimum Gasteiger partial charge on any atom is -0.310 e. The Morgan fingerprint density at radius 2 is 0.681 bits per heavy atom. The minimum atomic E-state index is 1.11. The maximum absolute atomic E-state index is 2.46. The molecule has 14 rings (SSSR count). The second kappa shape index (κ2) is 17.3. The van der Waals surface area contributed by atoms with Crippen LogP contribution < -0.4 is 9.80 Å². The summed E-state index contributed by atoms with van der Waals surface area (Å²) in [4.78, 5) is 4.74. The molecule has 0 aliphatic rings. The zero-order valence-corrected chi connectivity index (χ0v) is 40.0. The summed E-state index contributed by atoms with van der Waals surface area (Å²) in [7, 11) is 0. The van der Waals surface area contributed by atoms with Gasteiger partial charge in [0.25, 0.3) is 0 Å². The number of benzene rings is 12. The Hall–Kier alpha value is -9.22. The maximum Gasteiger partial charge on any atom is 0.0541 e. The van der Waals surface area contributed by atoms with Crippen LogP contribution in [0.2, 0.25) is 0 Å². The average Bonchev–Trinajstić information content (AvgIpc) is 3.99. The lowest BCUT2D eigenvalue weighted by Gasteiger charge is -2.27. The molecule has 2 heterocycles. The van der Waals surface area contributed by atoms with E-state index in [2.05, 4.69) is 287 Å². The molecule has 0 atom stereocenters. The lowest BCUT2D eigenvalue weighted by Crippen LogP contribution is -2.10. The third kappa shape index (κ3) is 7.11. The molecule has 14 aromatic rings. The van der Waals surface area contributed by atoms with Crippen LogP contribution in [0.3, 0.4) is 0 Å². The van der Waals surface area contributed by atoms with Crippen LogP contribution in [-0.4, -0.2) is 4.57 Å². The van der Waals surface area contributed by atoms with Gasteiger partial charge in [-0.2, -0.15) is 0 Å². The number of thiophene rings is 1. The fraction of sp³-hybridized carbons (Fsp3) is 0. The molecule has 0 unspecified atom stereocenters. The van der Waals surface area contributed by atoms with Gasteiger partial charge >= 0.3 is 0 Å². The topological polar surface area (TPSA) is 11.4 Å². The molecule has 338 valence electrons. The van der Waals surface area contributed by atoms with Crippen molar-refractivity contribution < 1.29 is 0 Å². The van der Waals surface area contributed by atoms with Crippen molar-refractivity contribution in [3.63, 3.8) is 0 Å². The fourth-order valence-electron chi connectivity index (χ4n) is 10.9. The quantitative estimate of drug-likeness (QED) is 0.143. The van der Waals surface area contributed by atoms with Crippen LogP contribution in [0.15, 0.2) is 273 Å². The highest BCUT2D eigenvalue weighted by molar-refractivity contribution is 7.25. The molecule has 0 bridgehead atoms. The standard InChI is InChI=1S/C68H45N3S/c1-3-19-52(20-4-1)69(63-26-13-17-48-15-7-9-23-57(48)63)54-35-29-46(30-36-54)50-33-40-65-60(43-50)61-44-51(34-41-66(61)71(65)56-39-42-68-62(45-56)59-25-11-12-28-67(59)72-68)47-31-37-55(38-32-47)70(53-21-5-2-6-22-53)64-27-14-18-49-16-8-10-24-58(49)64/h1-45H. The SMILES string of the molecule is c1ccc(N(c2ccc(-c3ccc4c(c3)c3cc(-c5ccc(N(c6ccccc6)c6cccc7ccccc67)cc5)ccc3n4-c3ccc4sc5ccccc5c4c3)cc2)c2cccc3ccccc23)cc1. The van der Waals surface area contributed by atoms with Gasteiger partial charge in [-0.25, -0.2) is 0 Å². The number of hydrogen-bond donors (Lipinski definition) is 0. The number of nitrogens with zero attached hydrogens (tertiary/aromatic N) is 3. The van der Waals surface area contributed by atoms with Crippen molar-refractivity contribution in [2.45, 2.75) is 0 Å². The second-order valence-electron chi connectivity index (χ2n) is 18.5. The molecule has 0 spiro atoms. The van der Waals surface area contributed by atoms with Gasteiger partial charge in [0.1, 0.15) is 0 Å². The molecular formula is C68H45N3S. The van der Waals surface area contributed by atoms with Gasteiger partial charge < -0.3 is 14.4 Å². The Bertz CT molecular complexity index is 4090. The Labute approximate surface area is 422 Å². The van der Waals surface area contributed by atoms with Gasteiger partial charge in [-0.15, -0.1) is 11.3 Å². The third-order valence-corrected chi connectivity index (χ3v) is 15.5. The molecule has 0 radical (unpaired) electrons. The van der Waals surface area contributed by atoms with Gasteiger partial charge in [0, 0.05) is 70.2 Å². The van der Waals surface area contributed by atoms with Crippen LogP contribution in [0.25, 0.3) is 91.5 Å². The first-order valence-corrected chi connectivity index (χ1v) is 25.4. The van der Waals surface area contributed by atoms with E-state index in [0.717, 1.165) is 39.8 Å². The van der Waals surface area contributed by atoms with E-state index in [4.69, 9.17) is 0 Å². The minimum absolute atomic E-state index is 1.11. The van der Waals surface area contributed by atoms with E-state index in [1.807, 2.05) is 11.3 Å². The van der Waals surface area contributed by atoms with Gasteiger partial charge in [-0.1, -0.05) is 164 Å². The fourth-order valence-corrected chi connectivity index (χ4v) is 12.0. The number of para-hydroxylation sites is 2. The maximum atomic E-state index is 2.46. The van der Waals surface area contributed by atoms with Crippen molar-refractivity contribution in [2.75, 3.05) is 9.80 Å². The molecule has 0 aliphatic carbocycles. The van der Waals surface area contributed by atoms with E-state index in [1.165, 1.54) is 85.8 Å². The van der Waals surface area contributed by atoms with Crippen molar-refractivity contribution in [1.82, 2.24) is 4.57 Å². The molecule has 0 amide bonds. The van der Waals surface area contributed by atoms with Crippen molar-refractivity contribution >= 4 is 109 Å². The van der Waals surface area contributed by atoms with Crippen LogP contribution in [0.5, 0.6) is 0 Å². The van der Waals surface area contributed by atoms with E-state index in [1.54, 1.807) is 0 Å². The normalized spacial score (nSPS) is 11.6. The Morgan fingerprint density at radius 3 is 1.21 bits per heavy atom. The van der Waals surface area contributed by atoms with Crippen LogP contribution in [0, 0.1) is 0 Å². The highest BCUT2D eigenvalue weighted by Crippen LogP contribution is 2.44. The van der Waals surface area contributed by atoms with Crippen molar-refractivity contribution in [3.05, 3.63) is 273 Å². The van der Waals surface area contributed by atoms with E-state index in [0.29, 0.717) is 0 Å². The molecule has 12 aromatic carbocycles. The summed E-state index contributed by atoms with van der Waals surface area (Å²) in [5, 5.41) is 9.89. The summed E-state index contributed by atoms with van der Waals surface area (Å²) in [5.74, 6) is 0. The summed E-state index contributed by atoms with van der Waals surface area (Å²) in [6.07, 6.45) is 0. The lowest BCUT2D eigenvalue weighted by molar-refractivity contribution is 1.19. The predicted molar refractivity (Wildman–Crippen MR) is 309 cm³/mol. The van der Waals surface area contributed by atoms with E-state index < -0.39 is 0 Å². The Kier molecular flexibility index (Phi) is 10.0. The summed E-state index contributed by atoms with van der Waals surface area (Å²) in [5.41, 5.74) is 14.9. The highest BCUT2D eigenvalue weighted by atomic mass is 32.1. The van der Waals surface area contributed by atoms with Gasteiger partial charge in [0.2, 0.25) is 0 Å². The molecule has 0 saturated heterocycles. The van der Waals surface area contributed by atoms with Gasteiger partial charge in [-0.3, -0.25) is 0 Å². The van der Waals surface area contributed by atoms with Gasteiger partial charge in [0.15, 0.2) is 0 Å². The smallest absolute Gasteiger partial charge is 0.0541 e. The predicted octanol–water partition coefficient (Wildman–Crippen LogP) is 19.7. The van der Waals surface area contributed by atoms with Crippen molar-refractivity contribution in [1.29, 1.82) is 0 Å². The van der Waals surface area contributed by atoms with E-state index in [-0.39, 0.29) is 0 Å². The van der Waals surface area contributed by atoms with Gasteiger partial charge in [0.05, 0.1) is 22.4 Å². The molecule has 2 aromatic heterocycles. The number of hydrogen-bond acceptors (Lipinski definition) is 3. The summed E-state index contributed by atoms with van der Waals surface area (Å²) < 4.78 is 5.07. The number of fused-ring (bicyclic) bond motifs is 8. The molecule has 0 aliphatic heterocycles. The number of aromatic nitrogens is 1. The molecule has 0 saturated carbocycles. The van der Waals surface area contributed by atoms with E-state index >= 15 is 0 Å². The zero-order chi connectivity index (χ0) is 47.5. The molecule has 3 nitrogen and oxygen atoms in total. The molecular weight excluding hydrogens is 891 g/mol. The Balaban J connectivity index is 0.895. The molecule has 4 heteroatoms. The van der Waals surface area contributed by atoms with Crippen LogP contribution in [0.1, 0.15) is 0 Å². The third-order valence-electron chi connectivity index (χ3n) is 14.3. The van der Waals surface area contributed by atoms with Crippen molar-refractivity contribution in [2.24, 2.45) is 0 Å². The summed E-state index contributed by atoms with van der Waals surface area (Å²) >= 11 is 1.86. The summed E-state index contributed by atoms with van der Waals surface area (Å²) in [6.45, 7) is 0.